The highest BCUT2D eigenvalue weighted by molar-refractivity contribution is 7.76. The fourth-order valence-electron chi connectivity index (χ4n) is 3.94. The molecule has 1 aliphatic rings. The molecule has 0 bridgehead atoms. The fraction of sp³-hybridized carbons (Fsp3) is 0.941. The van der Waals surface area contributed by atoms with Crippen LogP contribution in [0.5, 0.6) is 0 Å². The molecule has 0 radical (unpaired) electrons. The van der Waals surface area contributed by atoms with Crippen LogP contribution in [0.25, 0.3) is 0 Å². The monoisotopic (exact) mass is 493 g/mol. The molecule has 5 N–H and O–H groups in total. The summed E-state index contributed by atoms with van der Waals surface area (Å²) in [4.78, 5) is 29.5. The summed E-state index contributed by atoms with van der Waals surface area (Å²) >= 11 is 0. The van der Waals surface area contributed by atoms with Crippen LogP contribution in [0.15, 0.2) is 0 Å². The van der Waals surface area contributed by atoms with E-state index >= 15 is 0 Å². The number of aliphatic hydroxyl groups excluding tert-OH is 1. The number of phosphoric acid groups is 1. The number of carboxylic acid groups (broad SMARTS) is 1. The first-order chi connectivity index (χ1) is 14.5. The first kappa shape index (κ1) is 28.8. The molecule has 0 aliphatic carbocycles. The second kappa shape index (κ2) is 14.1. The van der Waals surface area contributed by atoms with E-state index in [-0.39, 0.29) is 38.3 Å². The maximum absolute atomic E-state index is 12.1. The van der Waals surface area contributed by atoms with Crippen LogP contribution in [0.4, 0.5) is 0 Å². The van der Waals surface area contributed by atoms with Crippen LogP contribution < -0.4 is 0 Å². The first-order valence-electron chi connectivity index (χ1n) is 10.1. The van der Waals surface area contributed by atoms with Gasteiger partial charge < -0.3 is 19.8 Å². The third kappa shape index (κ3) is 10.5. The summed E-state index contributed by atoms with van der Waals surface area (Å²) in [6, 6.07) is 0. The summed E-state index contributed by atoms with van der Waals surface area (Å²) in [6.45, 7) is 2.96. The molecule has 1 fully saturated rings. The van der Waals surface area contributed by atoms with Gasteiger partial charge in [-0.25, -0.2) is 14.3 Å². The van der Waals surface area contributed by atoms with Crippen molar-refractivity contribution in [2.45, 2.75) is 63.7 Å². The zero-order valence-corrected chi connectivity index (χ0v) is 19.7. The highest BCUT2D eigenvalue weighted by Crippen LogP contribution is 2.68. The van der Waals surface area contributed by atoms with Gasteiger partial charge in [0, 0.05) is 26.5 Å². The molecule has 14 heteroatoms. The molecule has 0 aromatic carbocycles. The standard InChI is InChI=1S/C17H34O12P2/c1-13(2)29-31(23,24)27-12-14-15(11-17(20)28-14)30(8-3-6-25-21,9-4-7-26-22)10-5-16(18)19/h13-15,17,20H,3-12H2,1-2H3,(H3-,18,19,21,22,23,24)/p+1. The largest absolute Gasteiger partial charge is 0.481 e. The van der Waals surface area contributed by atoms with Gasteiger partial charge in [-0.15, -0.1) is 0 Å². The van der Waals surface area contributed by atoms with E-state index in [2.05, 4.69) is 9.78 Å². The highest BCUT2D eigenvalue weighted by atomic mass is 31.2. The summed E-state index contributed by atoms with van der Waals surface area (Å²) in [5, 5.41) is 36.8. The van der Waals surface area contributed by atoms with Gasteiger partial charge in [-0.05, 0) is 13.8 Å². The van der Waals surface area contributed by atoms with Gasteiger partial charge in [0.2, 0.25) is 0 Å². The van der Waals surface area contributed by atoms with Crippen molar-refractivity contribution in [2.24, 2.45) is 0 Å². The average Bonchev–Trinajstić information content (AvgIpc) is 3.05. The SMILES string of the molecule is CC(C)OP(=O)(O)OCC1OC(O)CC1[P+](CCCOO)(CCCOO)CCC(=O)O. The zero-order valence-electron chi connectivity index (χ0n) is 17.9. The van der Waals surface area contributed by atoms with Gasteiger partial charge in [-0.3, -0.25) is 24.4 Å². The Hall–Kier alpha value is -0.230. The van der Waals surface area contributed by atoms with Crippen LogP contribution in [0.3, 0.4) is 0 Å². The van der Waals surface area contributed by atoms with Crippen molar-refractivity contribution in [3.8, 4) is 0 Å². The summed E-state index contributed by atoms with van der Waals surface area (Å²) < 4.78 is 27.6. The molecule has 0 spiro atoms. The molecule has 1 rings (SSSR count). The highest BCUT2D eigenvalue weighted by Gasteiger charge is 2.54. The van der Waals surface area contributed by atoms with Gasteiger partial charge in [0.05, 0.1) is 50.8 Å². The van der Waals surface area contributed by atoms with E-state index in [4.69, 9.17) is 24.3 Å². The summed E-state index contributed by atoms with van der Waals surface area (Å²) in [6.07, 6.45) is -0.0426. The summed E-state index contributed by atoms with van der Waals surface area (Å²) in [5.41, 5.74) is -0.321. The Balaban J connectivity index is 3.09. The van der Waals surface area contributed by atoms with Crippen molar-refractivity contribution >= 4 is 21.1 Å². The van der Waals surface area contributed by atoms with Crippen molar-refractivity contribution in [1.82, 2.24) is 0 Å². The Morgan fingerprint density at radius 3 is 2.23 bits per heavy atom. The van der Waals surface area contributed by atoms with E-state index in [1.807, 2.05) is 0 Å². The number of ether oxygens (including phenoxy) is 1. The van der Waals surface area contributed by atoms with Gasteiger partial charge in [-0.1, -0.05) is 0 Å². The number of rotatable bonds is 17. The quantitative estimate of drug-likeness (QED) is 0.0864. The molecule has 12 nitrogen and oxygen atoms in total. The number of hydrogen-bond donors (Lipinski definition) is 5. The molecule has 0 aromatic rings. The topological polar surface area (TPSA) is 181 Å². The molecule has 1 saturated heterocycles. The second-order valence-electron chi connectivity index (χ2n) is 7.76. The van der Waals surface area contributed by atoms with Crippen molar-refractivity contribution < 1.29 is 58.5 Å². The lowest BCUT2D eigenvalue weighted by Crippen LogP contribution is -2.33. The predicted octanol–water partition coefficient (Wildman–Crippen LogP) is 2.26. The van der Waals surface area contributed by atoms with E-state index in [9.17, 15) is 24.5 Å². The number of carboxylic acids is 1. The molecular weight excluding hydrogens is 458 g/mol. The van der Waals surface area contributed by atoms with Gasteiger partial charge in [0.25, 0.3) is 0 Å². The minimum Gasteiger partial charge on any atom is -0.481 e. The van der Waals surface area contributed by atoms with Gasteiger partial charge in [0.1, 0.15) is 11.8 Å². The molecule has 1 heterocycles. The minimum atomic E-state index is -4.33. The van der Waals surface area contributed by atoms with Gasteiger partial charge >= 0.3 is 13.8 Å². The number of aliphatic carboxylic acids is 1. The Morgan fingerprint density at radius 1 is 1.16 bits per heavy atom. The predicted molar refractivity (Wildman–Crippen MR) is 111 cm³/mol. The maximum Gasteiger partial charge on any atom is 0.472 e. The van der Waals surface area contributed by atoms with E-state index in [1.165, 1.54) is 0 Å². The lowest BCUT2D eigenvalue weighted by Gasteiger charge is -2.35. The van der Waals surface area contributed by atoms with Crippen molar-refractivity contribution in [3.05, 3.63) is 0 Å². The second-order valence-corrected chi connectivity index (χ2v) is 13.6. The Labute approximate surface area is 182 Å². The third-order valence-corrected chi connectivity index (χ3v) is 11.7. The van der Waals surface area contributed by atoms with Crippen LogP contribution in [0.2, 0.25) is 0 Å². The van der Waals surface area contributed by atoms with Crippen LogP contribution in [-0.4, -0.2) is 94.1 Å². The lowest BCUT2D eigenvalue weighted by molar-refractivity contribution is -0.242. The number of carbonyl (C=O) groups is 1. The van der Waals surface area contributed by atoms with Crippen molar-refractivity contribution in [1.29, 1.82) is 0 Å². The zero-order chi connectivity index (χ0) is 23.5. The molecule has 0 saturated carbocycles. The minimum absolute atomic E-state index is 0.0523. The Morgan fingerprint density at radius 2 is 1.74 bits per heavy atom. The number of hydrogen-bond acceptors (Lipinski definition) is 10. The fourth-order valence-corrected chi connectivity index (χ4v) is 10.2. The van der Waals surface area contributed by atoms with Crippen molar-refractivity contribution in [3.63, 3.8) is 0 Å². The number of phosphoric ester groups is 1. The van der Waals surface area contributed by atoms with Gasteiger partial charge in [-0.2, -0.15) is 0 Å². The van der Waals surface area contributed by atoms with Crippen LogP contribution in [-0.2, 0) is 32.9 Å². The number of aliphatic hydroxyl groups is 1. The summed E-state index contributed by atoms with van der Waals surface area (Å²) in [7, 11) is -6.53. The van der Waals surface area contributed by atoms with E-state index in [0.29, 0.717) is 31.3 Å². The van der Waals surface area contributed by atoms with Crippen molar-refractivity contribution in [2.75, 3.05) is 38.3 Å². The van der Waals surface area contributed by atoms with E-state index in [0.717, 1.165) is 0 Å². The smallest absolute Gasteiger partial charge is 0.472 e. The molecule has 0 amide bonds. The van der Waals surface area contributed by atoms with Crippen LogP contribution in [0, 0.1) is 0 Å². The summed E-state index contributed by atoms with van der Waals surface area (Å²) in [5.74, 6) is -0.973. The maximum atomic E-state index is 12.1. The first-order valence-corrected chi connectivity index (χ1v) is 14.1. The Kier molecular flexibility index (Phi) is 13.1. The third-order valence-electron chi connectivity index (χ3n) is 5.10. The van der Waals surface area contributed by atoms with E-state index < -0.39 is 39.6 Å². The molecule has 184 valence electrons. The molecule has 0 aromatic heterocycles. The lowest BCUT2D eigenvalue weighted by atomic mass is 10.2. The van der Waals surface area contributed by atoms with Gasteiger partial charge in [0.15, 0.2) is 6.29 Å². The molecule has 1 aliphatic heterocycles. The molecule has 31 heavy (non-hydrogen) atoms. The van der Waals surface area contributed by atoms with E-state index in [1.54, 1.807) is 13.8 Å². The average molecular weight is 493 g/mol. The Bertz CT molecular complexity index is 565. The molecular formula is C17H35O12P2+. The molecule has 4 atom stereocenters. The normalized spacial score (nSPS) is 23.9. The molecule has 4 unspecified atom stereocenters. The van der Waals surface area contributed by atoms with Crippen LogP contribution >= 0.6 is 15.1 Å². The van der Waals surface area contributed by atoms with Crippen LogP contribution in [0.1, 0.15) is 39.5 Å².